The molecular formula is C22H33N3. The lowest BCUT2D eigenvalue weighted by atomic mass is 10.1. The topological polar surface area (TPSA) is 27.3 Å². The molecule has 0 aromatic heterocycles. The van der Waals surface area contributed by atoms with Crippen LogP contribution in [-0.4, -0.2) is 18.0 Å². The number of hydrogen-bond donors (Lipinski definition) is 2. The quantitative estimate of drug-likeness (QED) is 0.520. The summed E-state index contributed by atoms with van der Waals surface area (Å²) < 4.78 is 0. The molecule has 0 heterocycles. The van der Waals surface area contributed by atoms with Crippen LogP contribution in [0.1, 0.15) is 50.7 Å². The molecule has 0 spiro atoms. The SMILES string of the molecule is CCCCN(CCCC)Cc1cccc(CNNc2ccccc2)c1. The van der Waals surface area contributed by atoms with Gasteiger partial charge in [-0.2, -0.15) is 0 Å². The van der Waals surface area contributed by atoms with E-state index in [0.29, 0.717) is 0 Å². The van der Waals surface area contributed by atoms with Crippen molar-refractivity contribution in [1.82, 2.24) is 10.3 Å². The first-order valence-electron chi connectivity index (χ1n) is 9.66. The van der Waals surface area contributed by atoms with Gasteiger partial charge in [-0.05, 0) is 49.2 Å². The number of hydrogen-bond acceptors (Lipinski definition) is 3. The molecule has 2 N–H and O–H groups in total. The zero-order chi connectivity index (χ0) is 17.7. The minimum Gasteiger partial charge on any atom is -0.321 e. The van der Waals surface area contributed by atoms with Crippen LogP contribution in [0.4, 0.5) is 5.69 Å². The standard InChI is InChI=1S/C22H33N3/c1-3-5-15-25(16-6-4-2)19-21-12-10-11-20(17-21)18-23-24-22-13-8-7-9-14-22/h7-14,17,23-24H,3-6,15-16,18-19H2,1-2H3. The Kier molecular flexibility index (Phi) is 9.09. The van der Waals surface area contributed by atoms with Gasteiger partial charge in [0.05, 0.1) is 0 Å². The summed E-state index contributed by atoms with van der Waals surface area (Å²) in [7, 11) is 0. The number of hydrazine groups is 1. The van der Waals surface area contributed by atoms with Gasteiger partial charge in [-0.15, -0.1) is 0 Å². The van der Waals surface area contributed by atoms with E-state index in [-0.39, 0.29) is 0 Å². The Labute approximate surface area is 153 Å². The highest BCUT2D eigenvalue weighted by Crippen LogP contribution is 2.11. The van der Waals surface area contributed by atoms with Crippen LogP contribution in [0.25, 0.3) is 0 Å². The van der Waals surface area contributed by atoms with Crippen LogP contribution < -0.4 is 10.9 Å². The molecule has 0 fully saturated rings. The smallest absolute Gasteiger partial charge is 0.0487 e. The predicted molar refractivity (Wildman–Crippen MR) is 108 cm³/mol. The minimum atomic E-state index is 0.812. The summed E-state index contributed by atoms with van der Waals surface area (Å²) in [6.45, 7) is 8.81. The zero-order valence-corrected chi connectivity index (χ0v) is 15.8. The fourth-order valence-electron chi connectivity index (χ4n) is 2.90. The van der Waals surface area contributed by atoms with Gasteiger partial charge in [0.2, 0.25) is 0 Å². The Bertz CT molecular complexity index is 575. The molecule has 3 nitrogen and oxygen atoms in total. The highest BCUT2D eigenvalue weighted by molar-refractivity contribution is 5.41. The molecule has 0 radical (unpaired) electrons. The van der Waals surface area contributed by atoms with Crippen LogP contribution in [0.2, 0.25) is 0 Å². The van der Waals surface area contributed by atoms with Gasteiger partial charge >= 0.3 is 0 Å². The van der Waals surface area contributed by atoms with Crippen LogP contribution in [0.15, 0.2) is 54.6 Å². The van der Waals surface area contributed by atoms with E-state index in [2.05, 4.69) is 66.0 Å². The summed E-state index contributed by atoms with van der Waals surface area (Å²) in [6.07, 6.45) is 5.09. The Morgan fingerprint density at radius 1 is 0.800 bits per heavy atom. The van der Waals surface area contributed by atoms with Crippen molar-refractivity contribution in [2.75, 3.05) is 18.5 Å². The second-order valence-electron chi connectivity index (χ2n) is 6.65. The summed E-state index contributed by atoms with van der Waals surface area (Å²) in [5.41, 5.74) is 10.4. The van der Waals surface area contributed by atoms with Gasteiger partial charge in [0.15, 0.2) is 0 Å². The maximum atomic E-state index is 3.30. The van der Waals surface area contributed by atoms with E-state index in [1.54, 1.807) is 0 Å². The van der Waals surface area contributed by atoms with Gasteiger partial charge < -0.3 is 5.43 Å². The number of unbranched alkanes of at least 4 members (excludes halogenated alkanes) is 2. The fraction of sp³-hybridized carbons (Fsp3) is 0.455. The molecule has 0 atom stereocenters. The lowest BCUT2D eigenvalue weighted by molar-refractivity contribution is 0.257. The molecule has 2 aromatic rings. The largest absolute Gasteiger partial charge is 0.321 e. The van der Waals surface area contributed by atoms with Crippen molar-refractivity contribution in [3.8, 4) is 0 Å². The molecule has 25 heavy (non-hydrogen) atoms. The molecule has 0 saturated heterocycles. The molecule has 0 saturated carbocycles. The first kappa shape index (κ1) is 19.5. The van der Waals surface area contributed by atoms with Gasteiger partial charge in [0.25, 0.3) is 0 Å². The van der Waals surface area contributed by atoms with Crippen molar-refractivity contribution in [3.63, 3.8) is 0 Å². The third-order valence-corrected chi connectivity index (χ3v) is 4.35. The Balaban J connectivity index is 1.85. The number of para-hydroxylation sites is 1. The van der Waals surface area contributed by atoms with Crippen molar-refractivity contribution in [2.24, 2.45) is 0 Å². The molecule has 2 aromatic carbocycles. The molecule has 0 bridgehead atoms. The van der Waals surface area contributed by atoms with E-state index in [0.717, 1.165) is 18.8 Å². The van der Waals surface area contributed by atoms with Gasteiger partial charge in [0.1, 0.15) is 0 Å². The number of nitrogens with one attached hydrogen (secondary N) is 2. The maximum absolute atomic E-state index is 3.30. The lowest BCUT2D eigenvalue weighted by Gasteiger charge is -2.22. The summed E-state index contributed by atoms with van der Waals surface area (Å²) >= 11 is 0. The summed E-state index contributed by atoms with van der Waals surface area (Å²) in [5.74, 6) is 0. The molecule has 3 heteroatoms. The third kappa shape index (κ3) is 7.72. The average molecular weight is 340 g/mol. The average Bonchev–Trinajstić information content (AvgIpc) is 2.65. The van der Waals surface area contributed by atoms with E-state index < -0.39 is 0 Å². The summed E-state index contributed by atoms with van der Waals surface area (Å²) in [5, 5.41) is 0. The predicted octanol–water partition coefficient (Wildman–Crippen LogP) is 5.21. The molecular weight excluding hydrogens is 306 g/mol. The number of anilines is 1. The van der Waals surface area contributed by atoms with Crippen LogP contribution >= 0.6 is 0 Å². The molecule has 0 amide bonds. The minimum absolute atomic E-state index is 0.812. The Morgan fingerprint density at radius 2 is 1.48 bits per heavy atom. The van der Waals surface area contributed by atoms with Gasteiger partial charge in [-0.3, -0.25) is 4.90 Å². The van der Waals surface area contributed by atoms with Crippen LogP contribution in [0.5, 0.6) is 0 Å². The highest BCUT2D eigenvalue weighted by Gasteiger charge is 2.06. The van der Waals surface area contributed by atoms with Crippen molar-refractivity contribution in [2.45, 2.75) is 52.6 Å². The number of rotatable bonds is 12. The fourth-order valence-corrected chi connectivity index (χ4v) is 2.90. The maximum Gasteiger partial charge on any atom is 0.0487 e. The Morgan fingerprint density at radius 3 is 2.16 bits per heavy atom. The van der Waals surface area contributed by atoms with Crippen molar-refractivity contribution < 1.29 is 0 Å². The molecule has 0 aliphatic rings. The first-order valence-corrected chi connectivity index (χ1v) is 9.66. The molecule has 2 rings (SSSR count). The van der Waals surface area contributed by atoms with E-state index >= 15 is 0 Å². The molecule has 0 aliphatic carbocycles. The molecule has 0 aliphatic heterocycles. The van der Waals surface area contributed by atoms with Crippen LogP contribution in [-0.2, 0) is 13.1 Å². The van der Waals surface area contributed by atoms with E-state index in [9.17, 15) is 0 Å². The lowest BCUT2D eigenvalue weighted by Crippen LogP contribution is -2.26. The number of benzene rings is 2. The second-order valence-corrected chi connectivity index (χ2v) is 6.65. The van der Waals surface area contributed by atoms with Gasteiger partial charge in [0, 0.05) is 18.8 Å². The number of nitrogens with zero attached hydrogens (tertiary/aromatic N) is 1. The normalized spacial score (nSPS) is 11.0. The van der Waals surface area contributed by atoms with Crippen molar-refractivity contribution in [3.05, 3.63) is 65.7 Å². The summed E-state index contributed by atoms with van der Waals surface area (Å²) in [4.78, 5) is 2.60. The van der Waals surface area contributed by atoms with Crippen LogP contribution in [0, 0.1) is 0 Å². The molecule has 0 unspecified atom stereocenters. The van der Waals surface area contributed by atoms with Gasteiger partial charge in [-0.1, -0.05) is 69.2 Å². The van der Waals surface area contributed by atoms with E-state index in [4.69, 9.17) is 0 Å². The first-order chi connectivity index (χ1) is 12.3. The van der Waals surface area contributed by atoms with Crippen LogP contribution in [0.3, 0.4) is 0 Å². The van der Waals surface area contributed by atoms with Crippen molar-refractivity contribution >= 4 is 5.69 Å². The highest BCUT2D eigenvalue weighted by atomic mass is 15.3. The monoisotopic (exact) mass is 339 g/mol. The van der Waals surface area contributed by atoms with E-state index in [1.165, 1.54) is 49.9 Å². The van der Waals surface area contributed by atoms with Gasteiger partial charge in [-0.25, -0.2) is 5.43 Å². The third-order valence-electron chi connectivity index (χ3n) is 4.35. The van der Waals surface area contributed by atoms with E-state index in [1.807, 2.05) is 18.2 Å². The molecule has 136 valence electrons. The second kappa shape index (κ2) is 11.7. The van der Waals surface area contributed by atoms with Crippen molar-refractivity contribution in [1.29, 1.82) is 0 Å². The Hall–Kier alpha value is -1.84. The zero-order valence-electron chi connectivity index (χ0n) is 15.8. The summed E-state index contributed by atoms with van der Waals surface area (Å²) in [6, 6.07) is 19.1.